The fourth-order valence-electron chi connectivity index (χ4n) is 2.17. The Morgan fingerprint density at radius 1 is 1.04 bits per heavy atom. The molecular weight excluding hydrogens is 344 g/mol. The molecule has 6 heteroatoms. The van der Waals surface area contributed by atoms with Gasteiger partial charge in [-0.1, -0.05) is 65.8 Å². The molecule has 1 aromatic heterocycles. The van der Waals surface area contributed by atoms with Crippen LogP contribution in [0.3, 0.4) is 0 Å². The van der Waals surface area contributed by atoms with Crippen molar-refractivity contribution in [3.63, 3.8) is 0 Å². The number of aromatic nitrogens is 2. The highest BCUT2D eigenvalue weighted by atomic mass is 35.5. The van der Waals surface area contributed by atoms with E-state index in [1.165, 1.54) is 0 Å². The summed E-state index contributed by atoms with van der Waals surface area (Å²) in [6, 6.07) is 18.1. The minimum Gasteiger partial charge on any atom is -0.480 e. The van der Waals surface area contributed by atoms with Crippen molar-refractivity contribution in [2.45, 2.75) is 10.4 Å². The molecule has 1 N–H and O–H groups in total. The SMILES string of the molecule is O=C(O)C(Sc1nccc(-c2ccc(Cl)cc2)n1)c1ccccc1. The Labute approximate surface area is 148 Å². The number of benzene rings is 2. The van der Waals surface area contributed by atoms with Crippen LogP contribution in [-0.4, -0.2) is 21.0 Å². The quantitative estimate of drug-likeness (QED) is 0.529. The number of carbonyl (C=O) groups is 1. The zero-order chi connectivity index (χ0) is 16.9. The summed E-state index contributed by atoms with van der Waals surface area (Å²) in [5.41, 5.74) is 2.33. The van der Waals surface area contributed by atoms with E-state index >= 15 is 0 Å². The van der Waals surface area contributed by atoms with Crippen molar-refractivity contribution in [2.75, 3.05) is 0 Å². The predicted octanol–water partition coefficient (Wildman–Crippen LogP) is 4.72. The van der Waals surface area contributed by atoms with Crippen LogP contribution in [0.2, 0.25) is 5.02 Å². The zero-order valence-corrected chi connectivity index (χ0v) is 14.0. The van der Waals surface area contributed by atoms with Gasteiger partial charge in [-0.05, 0) is 23.8 Å². The van der Waals surface area contributed by atoms with Crippen molar-refractivity contribution in [1.29, 1.82) is 0 Å². The van der Waals surface area contributed by atoms with Gasteiger partial charge in [0.25, 0.3) is 0 Å². The third-order valence-electron chi connectivity index (χ3n) is 3.32. The third kappa shape index (κ3) is 3.93. The molecule has 0 bridgehead atoms. The summed E-state index contributed by atoms with van der Waals surface area (Å²) in [4.78, 5) is 20.3. The highest BCUT2D eigenvalue weighted by Gasteiger charge is 2.22. The first kappa shape index (κ1) is 16.5. The van der Waals surface area contributed by atoms with Gasteiger partial charge in [-0.15, -0.1) is 0 Å². The maximum atomic E-state index is 11.6. The second-order valence-electron chi connectivity index (χ2n) is 4.98. The van der Waals surface area contributed by atoms with Gasteiger partial charge in [0.05, 0.1) is 5.69 Å². The van der Waals surface area contributed by atoms with Crippen molar-refractivity contribution in [3.8, 4) is 11.3 Å². The molecule has 1 unspecified atom stereocenters. The molecule has 0 amide bonds. The van der Waals surface area contributed by atoms with Crippen molar-refractivity contribution < 1.29 is 9.90 Å². The van der Waals surface area contributed by atoms with Crippen LogP contribution in [0.4, 0.5) is 0 Å². The maximum absolute atomic E-state index is 11.6. The number of aliphatic carboxylic acids is 1. The fraction of sp³-hybridized carbons (Fsp3) is 0.0556. The lowest BCUT2D eigenvalue weighted by atomic mass is 10.1. The number of rotatable bonds is 5. The Morgan fingerprint density at radius 3 is 2.42 bits per heavy atom. The van der Waals surface area contributed by atoms with Crippen molar-refractivity contribution in [3.05, 3.63) is 77.4 Å². The summed E-state index contributed by atoms with van der Waals surface area (Å²) in [7, 11) is 0. The third-order valence-corrected chi connectivity index (χ3v) is 4.69. The topological polar surface area (TPSA) is 63.1 Å². The van der Waals surface area contributed by atoms with E-state index in [1.54, 1.807) is 36.5 Å². The number of halogens is 1. The molecule has 0 fully saturated rings. The monoisotopic (exact) mass is 356 g/mol. The van der Waals surface area contributed by atoms with Gasteiger partial charge in [0.1, 0.15) is 5.25 Å². The van der Waals surface area contributed by atoms with Crippen LogP contribution < -0.4 is 0 Å². The molecule has 4 nitrogen and oxygen atoms in total. The number of carboxylic acids is 1. The Kier molecular flexibility index (Phi) is 5.13. The van der Waals surface area contributed by atoms with E-state index in [1.807, 2.05) is 30.3 Å². The van der Waals surface area contributed by atoms with Crippen molar-refractivity contribution in [2.24, 2.45) is 0 Å². The molecule has 0 aliphatic carbocycles. The lowest BCUT2D eigenvalue weighted by Crippen LogP contribution is -2.08. The van der Waals surface area contributed by atoms with Gasteiger partial charge in [0, 0.05) is 16.8 Å². The van der Waals surface area contributed by atoms with Crippen LogP contribution >= 0.6 is 23.4 Å². The first-order valence-corrected chi connectivity index (χ1v) is 8.42. The van der Waals surface area contributed by atoms with Gasteiger partial charge in [-0.3, -0.25) is 4.79 Å². The van der Waals surface area contributed by atoms with Gasteiger partial charge < -0.3 is 5.11 Å². The smallest absolute Gasteiger partial charge is 0.321 e. The summed E-state index contributed by atoms with van der Waals surface area (Å²) in [6.07, 6.45) is 1.63. The molecule has 24 heavy (non-hydrogen) atoms. The normalized spacial score (nSPS) is 11.9. The number of hydrogen-bond donors (Lipinski definition) is 1. The summed E-state index contributed by atoms with van der Waals surface area (Å²) >= 11 is 7.01. The van der Waals surface area contributed by atoms with Crippen LogP contribution in [0.1, 0.15) is 10.8 Å². The van der Waals surface area contributed by atoms with Crippen LogP contribution in [-0.2, 0) is 4.79 Å². The number of hydrogen-bond acceptors (Lipinski definition) is 4. The predicted molar refractivity (Wildman–Crippen MR) is 95.2 cm³/mol. The summed E-state index contributed by atoms with van der Waals surface area (Å²) in [5, 5.41) is 9.82. The zero-order valence-electron chi connectivity index (χ0n) is 12.5. The van der Waals surface area contributed by atoms with Gasteiger partial charge in [-0.2, -0.15) is 0 Å². The lowest BCUT2D eigenvalue weighted by Gasteiger charge is -2.11. The summed E-state index contributed by atoms with van der Waals surface area (Å²) in [5.74, 6) is -0.924. The van der Waals surface area contributed by atoms with E-state index in [2.05, 4.69) is 9.97 Å². The minimum absolute atomic E-state index is 0.415. The number of thioether (sulfide) groups is 1. The second-order valence-corrected chi connectivity index (χ2v) is 6.49. The molecule has 1 heterocycles. The molecule has 120 valence electrons. The Hall–Kier alpha value is -2.37. The van der Waals surface area contributed by atoms with Crippen LogP contribution in [0, 0.1) is 0 Å². The van der Waals surface area contributed by atoms with E-state index in [0.29, 0.717) is 15.7 Å². The molecular formula is C18H13ClN2O2S. The molecule has 1 atom stereocenters. The van der Waals surface area contributed by atoms with E-state index in [-0.39, 0.29) is 0 Å². The van der Waals surface area contributed by atoms with Crippen LogP contribution in [0.15, 0.2) is 72.0 Å². The molecule has 0 aliphatic heterocycles. The van der Waals surface area contributed by atoms with E-state index < -0.39 is 11.2 Å². The van der Waals surface area contributed by atoms with E-state index in [9.17, 15) is 9.90 Å². The van der Waals surface area contributed by atoms with Crippen LogP contribution in [0.5, 0.6) is 0 Å². The van der Waals surface area contributed by atoms with Gasteiger partial charge in [0.15, 0.2) is 5.16 Å². The molecule has 3 rings (SSSR count). The van der Waals surface area contributed by atoms with E-state index in [0.717, 1.165) is 23.0 Å². The largest absolute Gasteiger partial charge is 0.480 e. The molecule has 0 saturated carbocycles. The summed E-state index contributed by atoms with van der Waals surface area (Å²) < 4.78 is 0. The van der Waals surface area contributed by atoms with Gasteiger partial charge >= 0.3 is 5.97 Å². The van der Waals surface area contributed by atoms with Crippen LogP contribution in [0.25, 0.3) is 11.3 Å². The average molecular weight is 357 g/mol. The van der Waals surface area contributed by atoms with Crippen molar-refractivity contribution >= 4 is 29.3 Å². The van der Waals surface area contributed by atoms with Gasteiger partial charge in [0.2, 0.25) is 0 Å². The van der Waals surface area contributed by atoms with Gasteiger partial charge in [-0.25, -0.2) is 9.97 Å². The van der Waals surface area contributed by atoms with E-state index in [4.69, 9.17) is 11.6 Å². The molecule has 0 radical (unpaired) electrons. The standard InChI is InChI=1S/C18H13ClN2O2S/c19-14-8-6-12(7-9-14)15-10-11-20-18(21-15)24-16(17(22)23)13-4-2-1-3-5-13/h1-11,16H,(H,22,23). The Balaban J connectivity index is 1.88. The second kappa shape index (κ2) is 7.47. The summed E-state index contributed by atoms with van der Waals surface area (Å²) in [6.45, 7) is 0. The van der Waals surface area contributed by atoms with Crippen molar-refractivity contribution in [1.82, 2.24) is 9.97 Å². The lowest BCUT2D eigenvalue weighted by molar-refractivity contribution is -0.136. The minimum atomic E-state index is -0.924. The molecule has 3 aromatic rings. The Bertz CT molecular complexity index is 841. The first-order chi connectivity index (χ1) is 11.6. The number of carboxylic acid groups (broad SMARTS) is 1. The highest BCUT2D eigenvalue weighted by Crippen LogP contribution is 2.34. The fourth-order valence-corrected chi connectivity index (χ4v) is 3.18. The molecule has 2 aromatic carbocycles. The molecule has 0 spiro atoms. The molecule has 0 aliphatic rings. The molecule has 0 saturated heterocycles. The highest BCUT2D eigenvalue weighted by molar-refractivity contribution is 8.00. The number of nitrogens with zero attached hydrogens (tertiary/aromatic N) is 2. The average Bonchev–Trinajstić information content (AvgIpc) is 2.61. The Morgan fingerprint density at radius 2 is 1.75 bits per heavy atom. The first-order valence-electron chi connectivity index (χ1n) is 7.17. The maximum Gasteiger partial charge on any atom is 0.321 e.